The van der Waals surface area contributed by atoms with E-state index in [1.54, 1.807) is 12.1 Å². The quantitative estimate of drug-likeness (QED) is 0.632. The highest BCUT2D eigenvalue weighted by Crippen LogP contribution is 2.19. The average molecular weight is 271 g/mol. The fourth-order valence-electron chi connectivity index (χ4n) is 1.10. The Labute approximate surface area is 109 Å². The van der Waals surface area contributed by atoms with E-state index < -0.39 is 18.0 Å². The van der Waals surface area contributed by atoms with Gasteiger partial charge in [0.05, 0.1) is 6.42 Å². The molecule has 0 aliphatic carbocycles. The Morgan fingerprint density at radius 3 is 2.56 bits per heavy atom. The standard InChI is InChI=1S/C12H14FNO3S/c1-8(12(14)16)17-11(15)6-7-18-10-4-2-9(13)3-5-10/h2-5,8H,6-7H2,1H3,(H2,14,16)/t8-/m1/s1. The number of amides is 1. The molecule has 0 aliphatic heterocycles. The molecular formula is C12H14FNO3S. The lowest BCUT2D eigenvalue weighted by molar-refractivity contribution is -0.153. The van der Waals surface area contributed by atoms with Gasteiger partial charge in [-0.05, 0) is 31.2 Å². The molecule has 98 valence electrons. The minimum absolute atomic E-state index is 0.166. The summed E-state index contributed by atoms with van der Waals surface area (Å²) in [6.45, 7) is 1.42. The molecule has 1 aromatic rings. The topological polar surface area (TPSA) is 69.4 Å². The molecule has 0 aliphatic rings. The maximum absolute atomic E-state index is 12.6. The Bertz CT molecular complexity index is 422. The number of carbonyl (C=O) groups excluding carboxylic acids is 2. The maximum Gasteiger partial charge on any atom is 0.307 e. The molecule has 18 heavy (non-hydrogen) atoms. The summed E-state index contributed by atoms with van der Waals surface area (Å²) in [4.78, 5) is 22.8. The molecule has 0 fully saturated rings. The number of hydrogen-bond donors (Lipinski definition) is 1. The van der Waals surface area contributed by atoms with Crippen LogP contribution in [0.25, 0.3) is 0 Å². The molecule has 1 atom stereocenters. The van der Waals surface area contributed by atoms with Crippen molar-refractivity contribution in [2.24, 2.45) is 5.73 Å². The summed E-state index contributed by atoms with van der Waals surface area (Å²) in [5.74, 6) is -0.949. The van der Waals surface area contributed by atoms with Gasteiger partial charge in [-0.25, -0.2) is 4.39 Å². The Balaban J connectivity index is 2.27. The third kappa shape index (κ3) is 5.18. The van der Waals surface area contributed by atoms with Crippen LogP contribution < -0.4 is 5.73 Å². The molecule has 2 N–H and O–H groups in total. The molecule has 0 unspecified atom stereocenters. The number of esters is 1. The van der Waals surface area contributed by atoms with Gasteiger partial charge in [0.15, 0.2) is 6.10 Å². The van der Waals surface area contributed by atoms with E-state index in [0.717, 1.165) is 4.90 Å². The van der Waals surface area contributed by atoms with Crippen molar-refractivity contribution in [1.82, 2.24) is 0 Å². The summed E-state index contributed by atoms with van der Waals surface area (Å²) >= 11 is 1.41. The molecule has 0 saturated carbocycles. The van der Waals surface area contributed by atoms with Gasteiger partial charge in [-0.15, -0.1) is 11.8 Å². The van der Waals surface area contributed by atoms with Gasteiger partial charge in [-0.3, -0.25) is 9.59 Å². The van der Waals surface area contributed by atoms with Crippen molar-refractivity contribution in [2.75, 3.05) is 5.75 Å². The highest BCUT2D eigenvalue weighted by Gasteiger charge is 2.13. The van der Waals surface area contributed by atoms with Crippen LogP contribution in [0, 0.1) is 5.82 Å². The first-order valence-corrected chi connectivity index (χ1v) is 6.35. The van der Waals surface area contributed by atoms with Gasteiger partial charge in [0.2, 0.25) is 0 Å². The van der Waals surface area contributed by atoms with Crippen molar-refractivity contribution in [3.63, 3.8) is 0 Å². The van der Waals surface area contributed by atoms with Gasteiger partial charge in [0, 0.05) is 10.6 Å². The van der Waals surface area contributed by atoms with Crippen LogP contribution in [-0.4, -0.2) is 23.7 Å². The van der Waals surface area contributed by atoms with E-state index in [2.05, 4.69) is 0 Å². The number of halogens is 1. The van der Waals surface area contributed by atoms with Crippen molar-refractivity contribution in [2.45, 2.75) is 24.3 Å². The first kappa shape index (κ1) is 14.5. The normalized spacial score (nSPS) is 11.9. The Morgan fingerprint density at radius 1 is 1.39 bits per heavy atom. The second kappa shape index (κ2) is 7.00. The Morgan fingerprint density at radius 2 is 2.00 bits per heavy atom. The van der Waals surface area contributed by atoms with Crippen LogP contribution in [0.3, 0.4) is 0 Å². The third-order valence-electron chi connectivity index (χ3n) is 2.10. The van der Waals surface area contributed by atoms with Crippen molar-refractivity contribution in [3.05, 3.63) is 30.1 Å². The highest BCUT2D eigenvalue weighted by molar-refractivity contribution is 7.99. The summed E-state index contributed by atoms with van der Waals surface area (Å²) in [5, 5.41) is 0. The van der Waals surface area contributed by atoms with Crippen LogP contribution in [0.15, 0.2) is 29.2 Å². The van der Waals surface area contributed by atoms with Crippen LogP contribution in [0.2, 0.25) is 0 Å². The van der Waals surface area contributed by atoms with E-state index in [0.29, 0.717) is 5.75 Å². The van der Waals surface area contributed by atoms with Gasteiger partial charge in [0.1, 0.15) is 5.82 Å². The fraction of sp³-hybridized carbons (Fsp3) is 0.333. The number of thioether (sulfide) groups is 1. The van der Waals surface area contributed by atoms with E-state index in [4.69, 9.17) is 10.5 Å². The average Bonchev–Trinajstić information content (AvgIpc) is 2.31. The summed E-state index contributed by atoms with van der Waals surface area (Å²) in [6, 6.07) is 5.99. The Hall–Kier alpha value is -1.56. The first-order valence-electron chi connectivity index (χ1n) is 5.36. The van der Waals surface area contributed by atoms with Crippen LogP contribution in [-0.2, 0) is 14.3 Å². The number of carbonyl (C=O) groups is 2. The van der Waals surface area contributed by atoms with Crippen molar-refractivity contribution in [3.8, 4) is 0 Å². The molecule has 0 heterocycles. The van der Waals surface area contributed by atoms with Crippen LogP contribution in [0.5, 0.6) is 0 Å². The van der Waals surface area contributed by atoms with Gasteiger partial charge in [-0.2, -0.15) is 0 Å². The second-order valence-electron chi connectivity index (χ2n) is 3.59. The molecule has 0 saturated heterocycles. The minimum atomic E-state index is -0.909. The minimum Gasteiger partial charge on any atom is -0.453 e. The second-order valence-corrected chi connectivity index (χ2v) is 4.76. The van der Waals surface area contributed by atoms with E-state index in [9.17, 15) is 14.0 Å². The van der Waals surface area contributed by atoms with Crippen molar-refractivity contribution < 1.29 is 18.7 Å². The fourth-order valence-corrected chi connectivity index (χ4v) is 1.93. The number of primary amides is 1. The zero-order chi connectivity index (χ0) is 13.5. The van der Waals surface area contributed by atoms with Gasteiger partial charge in [-0.1, -0.05) is 0 Å². The van der Waals surface area contributed by atoms with Crippen LogP contribution >= 0.6 is 11.8 Å². The predicted octanol–water partition coefficient (Wildman–Crippen LogP) is 1.72. The Kier molecular flexibility index (Phi) is 5.64. The van der Waals surface area contributed by atoms with E-state index >= 15 is 0 Å². The SMILES string of the molecule is C[C@@H](OC(=O)CCSc1ccc(F)cc1)C(N)=O. The molecular weight excluding hydrogens is 257 g/mol. The lowest BCUT2D eigenvalue weighted by Gasteiger charge is -2.09. The summed E-state index contributed by atoms with van der Waals surface area (Å²) in [7, 11) is 0. The molecule has 0 spiro atoms. The maximum atomic E-state index is 12.6. The monoisotopic (exact) mass is 271 g/mol. The van der Waals surface area contributed by atoms with Gasteiger partial charge >= 0.3 is 5.97 Å². The van der Waals surface area contributed by atoms with Gasteiger partial charge < -0.3 is 10.5 Å². The van der Waals surface area contributed by atoms with Crippen LogP contribution in [0.1, 0.15) is 13.3 Å². The molecule has 0 radical (unpaired) electrons. The smallest absolute Gasteiger partial charge is 0.307 e. The number of rotatable bonds is 6. The molecule has 1 aromatic carbocycles. The zero-order valence-corrected chi connectivity index (χ0v) is 10.7. The van der Waals surface area contributed by atoms with E-state index in [1.807, 2.05) is 0 Å². The summed E-state index contributed by atoms with van der Waals surface area (Å²) < 4.78 is 17.4. The lowest BCUT2D eigenvalue weighted by Crippen LogP contribution is -2.30. The number of benzene rings is 1. The van der Waals surface area contributed by atoms with E-state index in [1.165, 1.54) is 30.8 Å². The molecule has 0 bridgehead atoms. The molecule has 1 rings (SSSR count). The first-order chi connectivity index (χ1) is 8.49. The van der Waals surface area contributed by atoms with Crippen molar-refractivity contribution >= 4 is 23.6 Å². The third-order valence-corrected chi connectivity index (χ3v) is 3.11. The van der Waals surface area contributed by atoms with Crippen molar-refractivity contribution in [1.29, 1.82) is 0 Å². The number of hydrogen-bond acceptors (Lipinski definition) is 4. The summed E-state index contributed by atoms with van der Waals surface area (Å²) in [5.41, 5.74) is 4.96. The molecule has 4 nitrogen and oxygen atoms in total. The number of nitrogens with two attached hydrogens (primary N) is 1. The number of ether oxygens (including phenoxy) is 1. The van der Waals surface area contributed by atoms with Gasteiger partial charge in [0.25, 0.3) is 5.91 Å². The lowest BCUT2D eigenvalue weighted by atomic mass is 10.4. The predicted molar refractivity (Wildman–Crippen MR) is 66.5 cm³/mol. The highest BCUT2D eigenvalue weighted by atomic mass is 32.2. The largest absolute Gasteiger partial charge is 0.453 e. The molecule has 6 heteroatoms. The van der Waals surface area contributed by atoms with E-state index in [-0.39, 0.29) is 12.2 Å². The molecule has 1 amide bonds. The van der Waals surface area contributed by atoms with Crippen LogP contribution in [0.4, 0.5) is 4.39 Å². The zero-order valence-electron chi connectivity index (χ0n) is 9.89. The summed E-state index contributed by atoms with van der Waals surface area (Å²) in [6.07, 6.45) is -0.743. The molecule has 0 aromatic heterocycles.